The van der Waals surface area contributed by atoms with Crippen LogP contribution in [0.3, 0.4) is 0 Å². The third-order valence-electron chi connectivity index (χ3n) is 14.0. The van der Waals surface area contributed by atoms with Crippen molar-refractivity contribution in [2.75, 3.05) is 37.7 Å². The molecule has 302 valence electrons. The van der Waals surface area contributed by atoms with Gasteiger partial charge in [0, 0.05) is 42.5 Å². The van der Waals surface area contributed by atoms with Crippen molar-refractivity contribution >= 4 is 47.2 Å². The molecule has 0 saturated carbocycles. The quantitative estimate of drug-likeness (QED) is 0.141. The Morgan fingerprint density at radius 1 is 1.07 bits per heavy atom. The van der Waals surface area contributed by atoms with Crippen LogP contribution >= 0.6 is 11.6 Å². The fraction of sp³-hybridized carbons (Fsp3) is 0.545. The van der Waals surface area contributed by atoms with E-state index in [0.29, 0.717) is 58.1 Å². The normalized spacial score (nSPS) is 25.6. The molecular weight excluding hydrogens is 767 g/mol. The summed E-state index contributed by atoms with van der Waals surface area (Å²) in [4.78, 5) is 14.0. The van der Waals surface area contributed by atoms with E-state index in [4.69, 9.17) is 31.0 Å². The molecule has 0 unspecified atom stereocenters. The largest absolute Gasteiger partial charge is 0.508 e. The topological polar surface area (TPSA) is 83.0 Å². The summed E-state index contributed by atoms with van der Waals surface area (Å²) in [6.07, 6.45) is 3.13. The van der Waals surface area contributed by atoms with Crippen molar-refractivity contribution in [2.45, 2.75) is 120 Å². The molecule has 5 aliphatic rings. The minimum absolute atomic E-state index is 0.0126. The van der Waals surface area contributed by atoms with Gasteiger partial charge in [-0.2, -0.15) is 9.97 Å². The molecule has 0 amide bonds. The van der Waals surface area contributed by atoms with Gasteiger partial charge >= 0.3 is 6.01 Å². The number of halogens is 4. The minimum atomic E-state index is -2.33. The molecule has 5 atom stereocenters. The highest BCUT2D eigenvalue weighted by atomic mass is 35.5. The molecule has 8 nitrogen and oxygen atoms in total. The second-order valence-electron chi connectivity index (χ2n) is 18.0. The van der Waals surface area contributed by atoms with Crippen LogP contribution in [0.15, 0.2) is 24.3 Å². The fourth-order valence-corrected chi connectivity index (χ4v) is 16.9. The van der Waals surface area contributed by atoms with E-state index in [0.717, 1.165) is 32.2 Å². The van der Waals surface area contributed by atoms with Gasteiger partial charge in [0.15, 0.2) is 11.6 Å². The summed E-state index contributed by atoms with van der Waals surface area (Å²) in [7, 11) is -2.33. The van der Waals surface area contributed by atoms with Crippen LogP contribution in [0, 0.1) is 23.1 Å². The molecule has 13 heteroatoms. The van der Waals surface area contributed by atoms with Crippen molar-refractivity contribution in [3.05, 3.63) is 46.5 Å². The average molecular weight is 818 g/mol. The molecular formula is C44H51ClF3N5O3Si. The van der Waals surface area contributed by atoms with E-state index >= 15 is 8.78 Å². The first kappa shape index (κ1) is 38.7. The number of piperazine rings is 1. The summed E-state index contributed by atoms with van der Waals surface area (Å²) in [5, 5.41) is 16.0. The number of aromatic hydroxyl groups is 1. The number of phenolic OH excluding ortho intramolecular Hbond substituents is 1. The van der Waals surface area contributed by atoms with Crippen LogP contribution in [-0.4, -0.2) is 90.7 Å². The van der Waals surface area contributed by atoms with E-state index in [1.165, 1.54) is 18.2 Å². The highest BCUT2D eigenvalue weighted by Gasteiger charge is 2.50. The number of nitrogens with zero attached hydrogens (tertiary/aromatic N) is 4. The molecule has 3 aromatic carbocycles. The van der Waals surface area contributed by atoms with Gasteiger partial charge in [0.1, 0.15) is 50.4 Å². The average Bonchev–Trinajstić information content (AvgIpc) is 3.79. The maximum absolute atomic E-state index is 17.9. The van der Waals surface area contributed by atoms with Gasteiger partial charge in [-0.15, -0.1) is 5.54 Å². The van der Waals surface area contributed by atoms with Crippen LogP contribution in [0.1, 0.15) is 79.2 Å². The zero-order valence-electron chi connectivity index (χ0n) is 33.5. The van der Waals surface area contributed by atoms with Crippen molar-refractivity contribution in [1.29, 1.82) is 0 Å². The van der Waals surface area contributed by atoms with Gasteiger partial charge < -0.3 is 24.8 Å². The number of alkyl halides is 1. The Morgan fingerprint density at radius 2 is 1.84 bits per heavy atom. The Bertz CT molecular complexity index is 2330. The highest BCUT2D eigenvalue weighted by Crippen LogP contribution is 2.52. The Labute approximate surface area is 338 Å². The Balaban J connectivity index is 1.27. The van der Waals surface area contributed by atoms with Gasteiger partial charge in [-0.25, -0.2) is 13.2 Å². The first-order valence-corrected chi connectivity index (χ1v) is 23.2. The van der Waals surface area contributed by atoms with E-state index in [1.54, 1.807) is 6.07 Å². The summed E-state index contributed by atoms with van der Waals surface area (Å²) in [5.41, 5.74) is 4.23. The molecule has 0 spiro atoms. The SMILES string of the molecule is CC(C)[Si](C#Cc1c(F)ccc2cc(O)cc(-c3c(Cl)c4c5c(nc(OC[C@@]67CCCN6C[C@H](F)C7)nc5c3F)N3C[C@H]5CC[C@H](N5)[C@H]3CO4)c12)(C(C)C)C(C)C. The van der Waals surface area contributed by atoms with Gasteiger partial charge in [0.25, 0.3) is 0 Å². The third kappa shape index (κ3) is 6.08. The van der Waals surface area contributed by atoms with Crippen molar-refractivity contribution in [2.24, 2.45) is 0 Å². The van der Waals surface area contributed by atoms with Gasteiger partial charge in [-0.3, -0.25) is 4.90 Å². The predicted octanol–water partition coefficient (Wildman–Crippen LogP) is 9.31. The molecule has 4 fully saturated rings. The molecule has 4 aromatic rings. The van der Waals surface area contributed by atoms with Crippen molar-refractivity contribution < 1.29 is 27.8 Å². The van der Waals surface area contributed by atoms with Crippen LogP contribution in [0.5, 0.6) is 17.5 Å². The minimum Gasteiger partial charge on any atom is -0.508 e. The van der Waals surface area contributed by atoms with Gasteiger partial charge in [0.05, 0.1) is 27.6 Å². The first-order valence-electron chi connectivity index (χ1n) is 20.6. The van der Waals surface area contributed by atoms with Crippen LogP contribution in [0.4, 0.5) is 19.0 Å². The number of fused-ring (bicyclic) bond motifs is 7. The Hall–Kier alpha value is -3.76. The summed E-state index contributed by atoms with van der Waals surface area (Å²) < 4.78 is 61.9. The van der Waals surface area contributed by atoms with E-state index in [-0.39, 0.29) is 76.1 Å². The first-order chi connectivity index (χ1) is 27.2. The molecule has 4 saturated heterocycles. The molecule has 2 N–H and O–H groups in total. The lowest BCUT2D eigenvalue weighted by Gasteiger charge is -2.40. The number of anilines is 1. The fourth-order valence-electron chi connectivity index (χ4n) is 11.4. The Morgan fingerprint density at radius 3 is 2.60 bits per heavy atom. The van der Waals surface area contributed by atoms with E-state index in [2.05, 4.69) is 68.1 Å². The van der Waals surface area contributed by atoms with Gasteiger partial charge in [0.2, 0.25) is 0 Å². The molecule has 5 aliphatic heterocycles. The zero-order chi connectivity index (χ0) is 40.1. The summed E-state index contributed by atoms with van der Waals surface area (Å²) in [5.74, 6) is 2.53. The number of hydrogen-bond donors (Lipinski definition) is 2. The summed E-state index contributed by atoms with van der Waals surface area (Å²) in [6, 6.07) is 6.07. The summed E-state index contributed by atoms with van der Waals surface area (Å²) >= 11 is 7.33. The lowest BCUT2D eigenvalue weighted by molar-refractivity contribution is 0.107. The molecule has 0 aliphatic carbocycles. The number of rotatable bonds is 7. The number of phenols is 1. The second-order valence-corrected chi connectivity index (χ2v) is 23.9. The molecule has 2 bridgehead atoms. The van der Waals surface area contributed by atoms with Crippen LogP contribution in [-0.2, 0) is 0 Å². The Kier molecular flexibility index (Phi) is 9.66. The smallest absolute Gasteiger partial charge is 0.319 e. The van der Waals surface area contributed by atoms with Crippen molar-refractivity contribution in [1.82, 2.24) is 20.2 Å². The number of aromatic nitrogens is 2. The van der Waals surface area contributed by atoms with Crippen LogP contribution < -0.4 is 19.7 Å². The number of benzene rings is 3. The maximum Gasteiger partial charge on any atom is 0.319 e. The van der Waals surface area contributed by atoms with E-state index < -0.39 is 31.4 Å². The van der Waals surface area contributed by atoms with Gasteiger partial charge in [-0.1, -0.05) is 65.1 Å². The van der Waals surface area contributed by atoms with Crippen LogP contribution in [0.25, 0.3) is 32.8 Å². The van der Waals surface area contributed by atoms with Gasteiger partial charge in [-0.05, 0) is 78.0 Å². The highest BCUT2D eigenvalue weighted by molar-refractivity contribution is 6.90. The predicted molar refractivity (Wildman–Crippen MR) is 222 cm³/mol. The third-order valence-corrected chi connectivity index (χ3v) is 20.6. The number of hydrogen-bond acceptors (Lipinski definition) is 8. The second kappa shape index (κ2) is 14.2. The standard InChI is InChI=1S/C44H51ClF3N5O3Si/c1-23(2)57(24(3)4,25(5)6)15-12-30-32(47)10-8-26-16-29(54)17-31(35(26)30)36-38(45)41-37-40(39(36)48)50-43(56-22-44-13-7-14-52(44)19-27(46)18-44)51-42(37)53-20-28-9-11-33(49-28)34(53)21-55-41/h8,10,16-17,23-25,27-28,33-34,49,54H,7,9,11,13-14,18-22H2,1-6H3/t27-,28-,33+,34-,44+/m1/s1. The lowest BCUT2D eigenvalue weighted by Crippen LogP contribution is -2.60. The monoisotopic (exact) mass is 817 g/mol. The molecule has 0 radical (unpaired) electrons. The van der Waals surface area contributed by atoms with Crippen LogP contribution in [0.2, 0.25) is 21.6 Å². The zero-order valence-corrected chi connectivity index (χ0v) is 35.2. The maximum atomic E-state index is 17.9. The van der Waals surface area contributed by atoms with E-state index in [9.17, 15) is 9.50 Å². The lowest BCUT2D eigenvalue weighted by atomic mass is 9.92. The molecule has 9 rings (SSSR count). The number of nitrogens with one attached hydrogen (secondary N) is 1. The van der Waals surface area contributed by atoms with Crippen molar-refractivity contribution in [3.63, 3.8) is 0 Å². The molecule has 57 heavy (non-hydrogen) atoms. The van der Waals surface area contributed by atoms with Crippen molar-refractivity contribution in [3.8, 4) is 40.1 Å². The summed E-state index contributed by atoms with van der Waals surface area (Å²) in [6.45, 7) is 15.4. The molecule has 6 heterocycles. The van der Waals surface area contributed by atoms with E-state index in [1.807, 2.05) is 0 Å². The molecule has 1 aromatic heterocycles. The number of ether oxygens (including phenoxy) is 2.